The van der Waals surface area contributed by atoms with Crippen LogP contribution in [0.2, 0.25) is 0 Å². The summed E-state index contributed by atoms with van der Waals surface area (Å²) in [7, 11) is 1.71. The van der Waals surface area contributed by atoms with Gasteiger partial charge in [-0.2, -0.15) is 0 Å². The lowest BCUT2D eigenvalue weighted by molar-refractivity contribution is 0.195. The summed E-state index contributed by atoms with van der Waals surface area (Å²) in [4.78, 5) is 12.6. The average Bonchev–Trinajstić information content (AvgIpc) is 2.02. The Labute approximate surface area is 67.2 Å². The first-order chi connectivity index (χ1) is 5.11. The molecule has 4 nitrogen and oxygen atoms in total. The molecule has 0 radical (unpaired) electrons. The van der Waals surface area contributed by atoms with Crippen molar-refractivity contribution in [2.24, 2.45) is 0 Å². The van der Waals surface area contributed by atoms with Crippen LogP contribution in [0.25, 0.3) is 0 Å². The number of nitrogens with zero attached hydrogens (tertiary/aromatic N) is 1. The van der Waals surface area contributed by atoms with Crippen LogP contribution in [-0.4, -0.2) is 42.3 Å². The third-order valence-corrected chi connectivity index (χ3v) is 1.46. The highest BCUT2D eigenvalue weighted by Gasteiger charge is 2.08. The summed E-state index contributed by atoms with van der Waals surface area (Å²) in [6.07, 6.45) is 0. The van der Waals surface area contributed by atoms with Crippen LogP contribution in [0.15, 0.2) is 0 Å². The summed E-state index contributed by atoms with van der Waals surface area (Å²) in [5.74, 6) is 0. The number of urea groups is 1. The zero-order chi connectivity index (χ0) is 8.85. The molecule has 4 heteroatoms. The fraction of sp³-hybridized carbons (Fsp3) is 0.857. The van der Waals surface area contributed by atoms with Crippen LogP contribution >= 0.6 is 0 Å². The molecule has 0 fully saturated rings. The van der Waals surface area contributed by atoms with Crippen LogP contribution < -0.4 is 5.32 Å². The normalized spacial score (nSPS) is 12.4. The molecular weight excluding hydrogens is 144 g/mol. The van der Waals surface area contributed by atoms with Crippen LogP contribution in [0.4, 0.5) is 4.79 Å². The molecule has 0 unspecified atom stereocenters. The van der Waals surface area contributed by atoms with Gasteiger partial charge in [0.15, 0.2) is 0 Å². The van der Waals surface area contributed by atoms with E-state index in [0.29, 0.717) is 6.54 Å². The SMILES string of the molecule is CCN(C)C(=O)N[C@@H](C)CO. The van der Waals surface area contributed by atoms with E-state index in [4.69, 9.17) is 5.11 Å². The van der Waals surface area contributed by atoms with Gasteiger partial charge in [-0.05, 0) is 13.8 Å². The quantitative estimate of drug-likeness (QED) is 0.612. The molecule has 66 valence electrons. The fourth-order valence-corrected chi connectivity index (χ4v) is 0.510. The number of aliphatic hydroxyl groups excluding tert-OH is 1. The van der Waals surface area contributed by atoms with Gasteiger partial charge < -0.3 is 15.3 Å². The van der Waals surface area contributed by atoms with Crippen LogP contribution in [-0.2, 0) is 0 Å². The minimum Gasteiger partial charge on any atom is -0.394 e. The van der Waals surface area contributed by atoms with E-state index in [1.54, 1.807) is 18.9 Å². The topological polar surface area (TPSA) is 52.6 Å². The van der Waals surface area contributed by atoms with Crippen molar-refractivity contribution in [1.82, 2.24) is 10.2 Å². The van der Waals surface area contributed by atoms with Crippen molar-refractivity contribution in [2.75, 3.05) is 20.2 Å². The van der Waals surface area contributed by atoms with Crippen molar-refractivity contribution in [3.63, 3.8) is 0 Å². The summed E-state index contributed by atoms with van der Waals surface area (Å²) in [5, 5.41) is 11.2. The van der Waals surface area contributed by atoms with E-state index in [-0.39, 0.29) is 18.7 Å². The van der Waals surface area contributed by atoms with E-state index >= 15 is 0 Å². The smallest absolute Gasteiger partial charge is 0.317 e. The number of amides is 2. The molecular formula is C7H16N2O2. The molecule has 0 saturated carbocycles. The van der Waals surface area contributed by atoms with Crippen molar-refractivity contribution >= 4 is 6.03 Å². The first kappa shape index (κ1) is 10.2. The van der Waals surface area contributed by atoms with Gasteiger partial charge in [0.05, 0.1) is 12.6 Å². The van der Waals surface area contributed by atoms with Gasteiger partial charge in [-0.25, -0.2) is 4.79 Å². The standard InChI is InChI=1S/C7H16N2O2/c1-4-9(3)7(11)8-6(2)5-10/h6,10H,4-5H2,1-3H3,(H,8,11)/t6-/m0/s1. The molecule has 1 atom stereocenters. The third kappa shape index (κ3) is 3.83. The zero-order valence-corrected chi connectivity index (χ0v) is 7.29. The Kier molecular flexibility index (Phi) is 4.61. The second-order valence-corrected chi connectivity index (χ2v) is 2.55. The van der Waals surface area contributed by atoms with Gasteiger partial charge in [-0.1, -0.05) is 0 Å². The van der Waals surface area contributed by atoms with Crippen LogP contribution in [0.3, 0.4) is 0 Å². The second kappa shape index (κ2) is 4.96. The molecule has 0 aliphatic carbocycles. The van der Waals surface area contributed by atoms with E-state index < -0.39 is 0 Å². The highest BCUT2D eigenvalue weighted by atomic mass is 16.3. The Morgan fingerprint density at radius 2 is 2.27 bits per heavy atom. The lowest BCUT2D eigenvalue weighted by Gasteiger charge is -2.18. The Balaban J connectivity index is 3.68. The summed E-state index contributed by atoms with van der Waals surface area (Å²) in [6.45, 7) is 4.29. The lowest BCUT2D eigenvalue weighted by Crippen LogP contribution is -2.43. The zero-order valence-electron chi connectivity index (χ0n) is 7.29. The molecule has 0 aromatic rings. The van der Waals surface area contributed by atoms with Crippen molar-refractivity contribution in [2.45, 2.75) is 19.9 Å². The molecule has 0 saturated heterocycles. The van der Waals surface area contributed by atoms with Crippen molar-refractivity contribution in [3.8, 4) is 0 Å². The van der Waals surface area contributed by atoms with Gasteiger partial charge >= 0.3 is 6.03 Å². The maximum atomic E-state index is 11.0. The summed E-state index contributed by atoms with van der Waals surface area (Å²) >= 11 is 0. The Morgan fingerprint density at radius 3 is 2.64 bits per heavy atom. The average molecular weight is 160 g/mol. The molecule has 0 aliphatic heterocycles. The maximum absolute atomic E-state index is 11.0. The van der Waals surface area contributed by atoms with E-state index in [1.807, 2.05) is 6.92 Å². The highest BCUT2D eigenvalue weighted by Crippen LogP contribution is 1.85. The highest BCUT2D eigenvalue weighted by molar-refractivity contribution is 5.74. The molecule has 0 rings (SSSR count). The van der Waals surface area contributed by atoms with E-state index in [0.717, 1.165) is 0 Å². The van der Waals surface area contributed by atoms with Gasteiger partial charge in [0.2, 0.25) is 0 Å². The van der Waals surface area contributed by atoms with Gasteiger partial charge in [0.1, 0.15) is 0 Å². The first-order valence-corrected chi connectivity index (χ1v) is 3.74. The maximum Gasteiger partial charge on any atom is 0.317 e. The number of hydrogen-bond acceptors (Lipinski definition) is 2. The van der Waals surface area contributed by atoms with Crippen molar-refractivity contribution in [1.29, 1.82) is 0 Å². The molecule has 2 N–H and O–H groups in total. The number of carbonyl (C=O) groups is 1. The predicted octanol–water partition coefficient (Wildman–Crippen LogP) is 0.0285. The predicted molar refractivity (Wildman–Crippen MR) is 43.4 cm³/mol. The molecule has 0 bridgehead atoms. The van der Waals surface area contributed by atoms with Gasteiger partial charge in [-0.15, -0.1) is 0 Å². The minimum atomic E-state index is -0.170. The van der Waals surface area contributed by atoms with Crippen molar-refractivity contribution < 1.29 is 9.90 Å². The Hall–Kier alpha value is -0.770. The number of aliphatic hydroxyl groups is 1. The molecule has 0 spiro atoms. The largest absolute Gasteiger partial charge is 0.394 e. The summed E-state index contributed by atoms with van der Waals surface area (Å²) in [6, 6.07) is -0.314. The second-order valence-electron chi connectivity index (χ2n) is 2.55. The minimum absolute atomic E-state index is 0.0245. The van der Waals surface area contributed by atoms with Gasteiger partial charge in [-0.3, -0.25) is 0 Å². The monoisotopic (exact) mass is 160 g/mol. The van der Waals surface area contributed by atoms with Crippen LogP contribution in [0, 0.1) is 0 Å². The molecule has 11 heavy (non-hydrogen) atoms. The number of rotatable bonds is 3. The summed E-state index contributed by atoms with van der Waals surface area (Å²) in [5.41, 5.74) is 0. The van der Waals surface area contributed by atoms with Crippen LogP contribution in [0.1, 0.15) is 13.8 Å². The third-order valence-electron chi connectivity index (χ3n) is 1.46. The van der Waals surface area contributed by atoms with Crippen molar-refractivity contribution in [3.05, 3.63) is 0 Å². The molecule has 0 aromatic carbocycles. The van der Waals surface area contributed by atoms with E-state index in [2.05, 4.69) is 5.32 Å². The lowest BCUT2D eigenvalue weighted by atomic mass is 10.4. The Morgan fingerprint density at radius 1 is 1.73 bits per heavy atom. The Bertz CT molecular complexity index is 128. The number of carbonyl (C=O) groups excluding carboxylic acids is 1. The first-order valence-electron chi connectivity index (χ1n) is 3.74. The molecule has 2 amide bonds. The molecule has 0 aliphatic rings. The van der Waals surface area contributed by atoms with E-state index in [9.17, 15) is 4.79 Å². The van der Waals surface area contributed by atoms with Crippen LogP contribution in [0.5, 0.6) is 0 Å². The fourth-order valence-electron chi connectivity index (χ4n) is 0.510. The van der Waals surface area contributed by atoms with Gasteiger partial charge in [0, 0.05) is 13.6 Å². The van der Waals surface area contributed by atoms with E-state index in [1.165, 1.54) is 0 Å². The number of nitrogens with one attached hydrogen (secondary N) is 1. The summed E-state index contributed by atoms with van der Waals surface area (Å²) < 4.78 is 0. The molecule has 0 heterocycles. The van der Waals surface area contributed by atoms with Gasteiger partial charge in [0.25, 0.3) is 0 Å². The molecule has 0 aromatic heterocycles. The number of hydrogen-bond donors (Lipinski definition) is 2.